The number of rotatable bonds is 3. The number of aryl methyl sites for hydroxylation is 1. The van der Waals surface area contributed by atoms with Crippen LogP contribution < -0.4 is 5.32 Å². The van der Waals surface area contributed by atoms with E-state index in [2.05, 4.69) is 5.32 Å². The van der Waals surface area contributed by atoms with Crippen molar-refractivity contribution in [1.82, 2.24) is 0 Å². The number of para-hydroxylation sites is 1. The molecule has 1 aromatic carbocycles. The van der Waals surface area contributed by atoms with Crippen molar-refractivity contribution >= 4 is 5.69 Å². The number of benzene rings is 1. The lowest BCUT2D eigenvalue weighted by atomic mass is 9.89. The molecule has 3 rings (SSSR count). The molecule has 1 N–H and O–H groups in total. The topological polar surface area (TPSA) is 12.0 Å². The average Bonchev–Trinajstić information content (AvgIpc) is 2.90. The summed E-state index contributed by atoms with van der Waals surface area (Å²) in [6.07, 6.45) is 5.60. The van der Waals surface area contributed by atoms with Gasteiger partial charge in [0.2, 0.25) is 0 Å². The number of halogens is 1. The third kappa shape index (κ3) is 2.05. The quantitative estimate of drug-likeness (QED) is 0.832. The Morgan fingerprint density at radius 2 is 2.18 bits per heavy atom. The zero-order valence-electron chi connectivity index (χ0n) is 10.4. The molecule has 2 bridgehead atoms. The number of hydrogen-bond donors (Lipinski definition) is 1. The maximum absolute atomic E-state index is 13.6. The molecule has 0 radical (unpaired) electrons. The first-order chi connectivity index (χ1) is 8.24. The minimum absolute atomic E-state index is 0.117. The molecule has 0 heterocycles. The number of anilines is 1. The van der Waals surface area contributed by atoms with E-state index in [1.807, 2.05) is 13.0 Å². The Hall–Kier alpha value is -1.05. The first kappa shape index (κ1) is 11.1. The molecule has 0 spiro atoms. The van der Waals surface area contributed by atoms with Gasteiger partial charge in [-0.2, -0.15) is 0 Å². The van der Waals surface area contributed by atoms with Crippen LogP contribution in [-0.2, 0) is 0 Å². The van der Waals surface area contributed by atoms with E-state index in [0.717, 1.165) is 29.9 Å². The van der Waals surface area contributed by atoms with Crippen LogP contribution in [0.2, 0.25) is 0 Å². The minimum Gasteiger partial charge on any atom is -0.382 e. The molecular weight excluding hydrogens is 213 g/mol. The SMILES string of the molecule is Cc1cccc(F)c1NCC1CC2CCC1C2. The van der Waals surface area contributed by atoms with Crippen molar-refractivity contribution in [3.05, 3.63) is 29.6 Å². The van der Waals surface area contributed by atoms with Gasteiger partial charge >= 0.3 is 0 Å². The van der Waals surface area contributed by atoms with E-state index in [-0.39, 0.29) is 5.82 Å². The van der Waals surface area contributed by atoms with Gasteiger partial charge in [-0.3, -0.25) is 0 Å². The molecule has 2 saturated carbocycles. The highest BCUT2D eigenvalue weighted by Gasteiger charge is 2.39. The first-order valence-corrected chi connectivity index (χ1v) is 6.73. The van der Waals surface area contributed by atoms with Crippen molar-refractivity contribution in [2.45, 2.75) is 32.6 Å². The zero-order valence-corrected chi connectivity index (χ0v) is 10.4. The van der Waals surface area contributed by atoms with Gasteiger partial charge in [0, 0.05) is 6.54 Å². The van der Waals surface area contributed by atoms with Gasteiger partial charge in [-0.25, -0.2) is 4.39 Å². The molecule has 3 unspecified atom stereocenters. The number of fused-ring (bicyclic) bond motifs is 2. The van der Waals surface area contributed by atoms with Crippen molar-refractivity contribution in [2.75, 3.05) is 11.9 Å². The highest BCUT2D eigenvalue weighted by Crippen LogP contribution is 2.48. The fourth-order valence-corrected chi connectivity index (χ4v) is 3.72. The number of nitrogens with one attached hydrogen (secondary N) is 1. The van der Waals surface area contributed by atoms with Crippen LogP contribution >= 0.6 is 0 Å². The van der Waals surface area contributed by atoms with E-state index < -0.39 is 0 Å². The fourth-order valence-electron chi connectivity index (χ4n) is 3.72. The van der Waals surface area contributed by atoms with Gasteiger partial charge in [-0.1, -0.05) is 18.6 Å². The van der Waals surface area contributed by atoms with Crippen LogP contribution in [0.3, 0.4) is 0 Å². The summed E-state index contributed by atoms with van der Waals surface area (Å²) < 4.78 is 13.6. The maximum Gasteiger partial charge on any atom is 0.146 e. The fraction of sp³-hybridized carbons (Fsp3) is 0.600. The van der Waals surface area contributed by atoms with Gasteiger partial charge < -0.3 is 5.32 Å². The van der Waals surface area contributed by atoms with Crippen LogP contribution in [0.5, 0.6) is 0 Å². The highest BCUT2D eigenvalue weighted by molar-refractivity contribution is 5.51. The second kappa shape index (κ2) is 4.32. The molecule has 1 aromatic rings. The van der Waals surface area contributed by atoms with E-state index in [0.29, 0.717) is 5.69 Å². The molecule has 1 nitrogen and oxygen atoms in total. The molecule has 0 saturated heterocycles. The summed E-state index contributed by atoms with van der Waals surface area (Å²) in [4.78, 5) is 0. The van der Waals surface area contributed by atoms with E-state index >= 15 is 0 Å². The molecule has 3 atom stereocenters. The summed E-state index contributed by atoms with van der Waals surface area (Å²) >= 11 is 0. The Labute approximate surface area is 102 Å². The van der Waals surface area contributed by atoms with E-state index in [1.54, 1.807) is 6.07 Å². The summed E-state index contributed by atoms with van der Waals surface area (Å²) in [5, 5.41) is 3.33. The van der Waals surface area contributed by atoms with Crippen molar-refractivity contribution in [2.24, 2.45) is 17.8 Å². The smallest absolute Gasteiger partial charge is 0.146 e. The van der Waals surface area contributed by atoms with Crippen molar-refractivity contribution < 1.29 is 4.39 Å². The molecule has 2 aliphatic rings. The lowest BCUT2D eigenvalue weighted by molar-refractivity contribution is 0.348. The second-order valence-corrected chi connectivity index (χ2v) is 5.75. The summed E-state index contributed by atoms with van der Waals surface area (Å²) in [5.74, 6) is 2.52. The van der Waals surface area contributed by atoms with Crippen LogP contribution in [0.25, 0.3) is 0 Å². The molecular formula is C15H20FN. The molecule has 17 heavy (non-hydrogen) atoms. The summed E-state index contributed by atoms with van der Waals surface area (Å²) in [6, 6.07) is 5.27. The van der Waals surface area contributed by atoms with E-state index in [1.165, 1.54) is 31.7 Å². The van der Waals surface area contributed by atoms with Gasteiger partial charge in [0.05, 0.1) is 5.69 Å². The largest absolute Gasteiger partial charge is 0.382 e. The maximum atomic E-state index is 13.6. The van der Waals surface area contributed by atoms with Crippen molar-refractivity contribution in [3.8, 4) is 0 Å². The standard InChI is InChI=1S/C15H20FN/c1-10-3-2-4-14(16)15(10)17-9-13-8-11-5-6-12(13)7-11/h2-4,11-13,17H,5-9H2,1H3. The predicted molar refractivity (Wildman–Crippen MR) is 68.6 cm³/mol. The molecule has 0 aromatic heterocycles. The summed E-state index contributed by atoms with van der Waals surface area (Å²) in [6.45, 7) is 2.91. The molecule has 0 amide bonds. The van der Waals surface area contributed by atoms with Crippen LogP contribution in [0.1, 0.15) is 31.2 Å². The highest BCUT2D eigenvalue weighted by atomic mass is 19.1. The summed E-state index contributed by atoms with van der Waals surface area (Å²) in [5.41, 5.74) is 1.71. The first-order valence-electron chi connectivity index (χ1n) is 6.73. The lowest BCUT2D eigenvalue weighted by Crippen LogP contribution is -2.20. The minimum atomic E-state index is -0.117. The monoisotopic (exact) mass is 233 g/mol. The van der Waals surface area contributed by atoms with Gasteiger partial charge in [-0.15, -0.1) is 0 Å². The van der Waals surface area contributed by atoms with Crippen LogP contribution in [0.4, 0.5) is 10.1 Å². The summed E-state index contributed by atoms with van der Waals surface area (Å²) in [7, 11) is 0. The second-order valence-electron chi connectivity index (χ2n) is 5.75. The molecule has 0 aliphatic heterocycles. The molecule has 2 aliphatic carbocycles. The molecule has 2 heteroatoms. The lowest BCUT2D eigenvalue weighted by Gasteiger charge is -2.23. The third-order valence-electron chi connectivity index (χ3n) is 4.65. The van der Waals surface area contributed by atoms with Crippen molar-refractivity contribution in [1.29, 1.82) is 0 Å². The Balaban J connectivity index is 1.64. The average molecular weight is 233 g/mol. The van der Waals surface area contributed by atoms with E-state index in [4.69, 9.17) is 0 Å². The van der Waals surface area contributed by atoms with Gasteiger partial charge in [-0.05, 0) is 55.6 Å². The third-order valence-corrected chi connectivity index (χ3v) is 4.65. The molecule has 2 fully saturated rings. The van der Waals surface area contributed by atoms with Gasteiger partial charge in [0.25, 0.3) is 0 Å². The Morgan fingerprint density at radius 1 is 1.29 bits per heavy atom. The van der Waals surface area contributed by atoms with Crippen LogP contribution in [0, 0.1) is 30.5 Å². The van der Waals surface area contributed by atoms with Gasteiger partial charge in [0.1, 0.15) is 5.82 Å². The van der Waals surface area contributed by atoms with E-state index in [9.17, 15) is 4.39 Å². The zero-order chi connectivity index (χ0) is 11.8. The van der Waals surface area contributed by atoms with Crippen LogP contribution in [0.15, 0.2) is 18.2 Å². The molecule has 92 valence electrons. The van der Waals surface area contributed by atoms with Gasteiger partial charge in [0.15, 0.2) is 0 Å². The Morgan fingerprint density at radius 3 is 2.82 bits per heavy atom. The normalized spacial score (nSPS) is 30.8. The Bertz CT molecular complexity index is 395. The predicted octanol–water partition coefficient (Wildman–Crippen LogP) is 3.98. The van der Waals surface area contributed by atoms with Crippen LogP contribution in [-0.4, -0.2) is 6.54 Å². The van der Waals surface area contributed by atoms with Crippen molar-refractivity contribution in [3.63, 3.8) is 0 Å². The number of hydrogen-bond acceptors (Lipinski definition) is 1. The Kier molecular flexibility index (Phi) is 2.81.